The molecule has 1 fully saturated rings. The van der Waals surface area contributed by atoms with Crippen molar-refractivity contribution in [3.05, 3.63) is 47.8 Å². The lowest BCUT2D eigenvalue weighted by atomic mass is 10.1. The van der Waals surface area contributed by atoms with E-state index in [1.54, 1.807) is 6.07 Å². The smallest absolute Gasteiger partial charge is 0.151 e. The Morgan fingerprint density at radius 1 is 1.19 bits per heavy atom. The van der Waals surface area contributed by atoms with Gasteiger partial charge >= 0.3 is 0 Å². The number of hydrogen-bond acceptors (Lipinski definition) is 2. The van der Waals surface area contributed by atoms with E-state index in [4.69, 9.17) is 0 Å². The number of hydrogen-bond donors (Lipinski definition) is 1. The summed E-state index contributed by atoms with van der Waals surface area (Å²) in [5, 5.41) is 10.3. The molecule has 106 valence electrons. The fourth-order valence-corrected chi connectivity index (χ4v) is 2.81. The number of rotatable bonds is 2. The second-order valence-electron chi connectivity index (χ2n) is 5.62. The molecule has 0 saturated heterocycles. The molecule has 0 amide bonds. The van der Waals surface area contributed by atoms with Crippen LogP contribution in [0.15, 0.2) is 36.4 Å². The Morgan fingerprint density at radius 2 is 1.95 bits per heavy atom. The summed E-state index contributed by atoms with van der Waals surface area (Å²) in [7, 11) is 0. The van der Waals surface area contributed by atoms with Gasteiger partial charge in [-0.2, -0.15) is 0 Å². The molecule has 3 nitrogen and oxygen atoms in total. The zero-order valence-corrected chi connectivity index (χ0v) is 11.7. The topological polar surface area (TPSA) is 38.0 Å². The number of phenolic OH excluding ortho intramolecular Hbond substituents is 1. The van der Waals surface area contributed by atoms with Gasteiger partial charge in [0.05, 0.1) is 11.1 Å². The lowest BCUT2D eigenvalue weighted by molar-refractivity contribution is 0.472. The zero-order chi connectivity index (χ0) is 14.6. The van der Waals surface area contributed by atoms with E-state index < -0.39 is 0 Å². The van der Waals surface area contributed by atoms with Gasteiger partial charge in [0.2, 0.25) is 0 Å². The molecule has 1 saturated carbocycles. The molecule has 1 aliphatic rings. The molecule has 4 heteroatoms. The second-order valence-corrected chi connectivity index (χ2v) is 5.62. The van der Waals surface area contributed by atoms with Gasteiger partial charge in [-0.15, -0.1) is 0 Å². The predicted octanol–water partition coefficient (Wildman–Crippen LogP) is 4.19. The van der Waals surface area contributed by atoms with E-state index in [2.05, 4.69) is 9.55 Å². The number of aromatic nitrogens is 2. The molecule has 3 aromatic rings. The molecule has 1 aromatic heterocycles. The first kappa shape index (κ1) is 12.4. The van der Waals surface area contributed by atoms with E-state index in [9.17, 15) is 9.50 Å². The monoisotopic (exact) mass is 282 g/mol. The summed E-state index contributed by atoms with van der Waals surface area (Å²) in [6.45, 7) is 1.85. The molecule has 1 heterocycles. The first-order valence-electron chi connectivity index (χ1n) is 7.12. The molecule has 21 heavy (non-hydrogen) atoms. The van der Waals surface area contributed by atoms with Crippen LogP contribution in [0.1, 0.15) is 24.4 Å². The number of benzene rings is 2. The minimum atomic E-state index is -0.319. The maximum atomic E-state index is 14.0. The molecule has 1 N–H and O–H groups in total. The van der Waals surface area contributed by atoms with Crippen LogP contribution in [0.5, 0.6) is 5.75 Å². The molecule has 0 radical (unpaired) electrons. The van der Waals surface area contributed by atoms with Crippen LogP contribution in [0.25, 0.3) is 22.4 Å². The minimum Gasteiger partial charge on any atom is -0.507 e. The predicted molar refractivity (Wildman–Crippen MR) is 79.8 cm³/mol. The van der Waals surface area contributed by atoms with E-state index >= 15 is 0 Å². The number of imidazole rings is 1. The summed E-state index contributed by atoms with van der Waals surface area (Å²) >= 11 is 0. The van der Waals surface area contributed by atoms with Gasteiger partial charge in [0, 0.05) is 6.04 Å². The Morgan fingerprint density at radius 3 is 2.71 bits per heavy atom. The summed E-state index contributed by atoms with van der Waals surface area (Å²) in [4.78, 5) is 4.47. The third-order valence-electron chi connectivity index (χ3n) is 4.06. The molecule has 2 aromatic carbocycles. The highest BCUT2D eigenvalue weighted by Crippen LogP contribution is 2.43. The Kier molecular flexibility index (Phi) is 2.55. The Balaban J connectivity index is 2.06. The van der Waals surface area contributed by atoms with Crippen molar-refractivity contribution >= 4 is 11.0 Å². The molecule has 0 unspecified atom stereocenters. The molecule has 0 spiro atoms. The first-order chi connectivity index (χ1) is 10.2. The van der Waals surface area contributed by atoms with Crippen LogP contribution in [0, 0.1) is 12.7 Å². The van der Waals surface area contributed by atoms with Crippen LogP contribution in [0.4, 0.5) is 4.39 Å². The van der Waals surface area contributed by atoms with Crippen LogP contribution in [0.3, 0.4) is 0 Å². The molecule has 0 atom stereocenters. The first-order valence-corrected chi connectivity index (χ1v) is 7.12. The van der Waals surface area contributed by atoms with Crippen LogP contribution >= 0.6 is 0 Å². The maximum absolute atomic E-state index is 14.0. The van der Waals surface area contributed by atoms with Crippen molar-refractivity contribution < 1.29 is 9.50 Å². The van der Waals surface area contributed by atoms with Gasteiger partial charge < -0.3 is 9.67 Å². The molecule has 4 rings (SSSR count). The van der Waals surface area contributed by atoms with Gasteiger partial charge in [-0.25, -0.2) is 9.37 Å². The lowest BCUT2D eigenvalue weighted by Crippen LogP contribution is -1.98. The number of aryl methyl sites for hydroxylation is 1. The lowest BCUT2D eigenvalue weighted by Gasteiger charge is -2.10. The summed E-state index contributed by atoms with van der Waals surface area (Å²) in [5.41, 5.74) is 2.63. The van der Waals surface area contributed by atoms with Crippen LogP contribution in [-0.2, 0) is 0 Å². The van der Waals surface area contributed by atoms with Crippen molar-refractivity contribution in [3.63, 3.8) is 0 Å². The molecular formula is C17H15FN2O. The van der Waals surface area contributed by atoms with Crippen molar-refractivity contribution in [3.8, 4) is 17.1 Å². The fraction of sp³-hybridized carbons (Fsp3) is 0.235. The van der Waals surface area contributed by atoms with Crippen LogP contribution in [-0.4, -0.2) is 14.7 Å². The van der Waals surface area contributed by atoms with Crippen molar-refractivity contribution in [1.82, 2.24) is 9.55 Å². The zero-order valence-electron chi connectivity index (χ0n) is 11.7. The van der Waals surface area contributed by atoms with Crippen molar-refractivity contribution in [2.75, 3.05) is 0 Å². The largest absolute Gasteiger partial charge is 0.507 e. The fourth-order valence-electron chi connectivity index (χ4n) is 2.81. The molecule has 0 aliphatic heterocycles. The number of phenols is 1. The summed E-state index contributed by atoms with van der Waals surface area (Å²) in [6, 6.07) is 10.9. The highest BCUT2D eigenvalue weighted by atomic mass is 19.1. The number of fused-ring (bicyclic) bond motifs is 1. The number of halogens is 1. The molecule has 0 bridgehead atoms. The Bertz CT molecular complexity index is 849. The molecular weight excluding hydrogens is 267 g/mol. The normalized spacial score (nSPS) is 14.8. The van der Waals surface area contributed by atoms with Gasteiger partial charge in [-0.05, 0) is 43.5 Å². The van der Waals surface area contributed by atoms with E-state index in [-0.39, 0.29) is 11.6 Å². The van der Waals surface area contributed by atoms with Crippen LogP contribution < -0.4 is 0 Å². The second kappa shape index (κ2) is 4.32. The summed E-state index contributed by atoms with van der Waals surface area (Å²) < 4.78 is 16.1. The highest BCUT2D eigenvalue weighted by molar-refractivity contribution is 5.83. The third-order valence-corrected chi connectivity index (χ3v) is 4.06. The van der Waals surface area contributed by atoms with Crippen molar-refractivity contribution in [1.29, 1.82) is 0 Å². The van der Waals surface area contributed by atoms with Gasteiger partial charge in [-0.1, -0.05) is 18.2 Å². The Labute approximate surface area is 121 Å². The summed E-state index contributed by atoms with van der Waals surface area (Å²) in [5.74, 6) is 0.550. The van der Waals surface area contributed by atoms with E-state index in [0.29, 0.717) is 22.9 Å². The molecule has 1 aliphatic carbocycles. The standard InChI is InChI=1S/C17H15FN2O/c1-10-4-2-5-12(16(10)21)17-19-15-13(18)6-3-7-14(15)20(17)11-8-9-11/h2-7,11,21H,8-9H2,1H3. The van der Waals surface area contributed by atoms with Gasteiger partial charge in [0.25, 0.3) is 0 Å². The number of nitrogens with zero attached hydrogens (tertiary/aromatic N) is 2. The van der Waals surface area contributed by atoms with Crippen molar-refractivity contribution in [2.24, 2.45) is 0 Å². The van der Waals surface area contributed by atoms with Gasteiger partial charge in [0.15, 0.2) is 5.82 Å². The maximum Gasteiger partial charge on any atom is 0.151 e. The van der Waals surface area contributed by atoms with E-state index in [1.807, 2.05) is 31.2 Å². The van der Waals surface area contributed by atoms with E-state index in [0.717, 1.165) is 23.9 Å². The average Bonchev–Trinajstić information content (AvgIpc) is 3.23. The van der Waals surface area contributed by atoms with Gasteiger partial charge in [0.1, 0.15) is 17.1 Å². The SMILES string of the molecule is Cc1cccc(-c2nc3c(F)cccc3n2C2CC2)c1O. The van der Waals surface area contributed by atoms with Crippen LogP contribution in [0.2, 0.25) is 0 Å². The summed E-state index contributed by atoms with van der Waals surface area (Å²) in [6.07, 6.45) is 2.14. The van der Waals surface area contributed by atoms with E-state index in [1.165, 1.54) is 6.07 Å². The Hall–Kier alpha value is -2.36. The van der Waals surface area contributed by atoms with Crippen molar-refractivity contribution in [2.45, 2.75) is 25.8 Å². The number of para-hydroxylation sites is 2. The average molecular weight is 282 g/mol. The quantitative estimate of drug-likeness (QED) is 0.765. The minimum absolute atomic E-state index is 0.218. The number of aromatic hydroxyl groups is 1. The van der Waals surface area contributed by atoms with Gasteiger partial charge in [-0.3, -0.25) is 0 Å². The highest BCUT2D eigenvalue weighted by Gasteiger charge is 2.30. The third kappa shape index (κ3) is 1.82.